The van der Waals surface area contributed by atoms with Gasteiger partial charge in [-0.3, -0.25) is 0 Å². The molecule has 0 spiro atoms. The van der Waals surface area contributed by atoms with Crippen LogP contribution in [0.1, 0.15) is 41.9 Å². The highest BCUT2D eigenvalue weighted by molar-refractivity contribution is 7.15. The maximum Gasteiger partial charge on any atom is 0.185 e. The Morgan fingerprint density at radius 1 is 1.18 bits per heavy atom. The minimum atomic E-state index is 0.212. The number of methoxy groups -OCH3 is 1. The maximum absolute atomic E-state index is 5.24. The number of hydrogen-bond acceptors (Lipinski definition) is 6. The van der Waals surface area contributed by atoms with Crippen molar-refractivity contribution >= 4 is 16.5 Å². The first kappa shape index (κ1) is 19.0. The smallest absolute Gasteiger partial charge is 0.185 e. The van der Waals surface area contributed by atoms with Crippen molar-refractivity contribution in [2.24, 2.45) is 0 Å². The molecule has 1 aliphatic rings. The fourth-order valence-corrected chi connectivity index (χ4v) is 4.54. The lowest BCUT2D eigenvalue weighted by atomic mass is 10.1. The van der Waals surface area contributed by atoms with E-state index in [1.807, 2.05) is 41.3 Å². The lowest BCUT2D eigenvalue weighted by molar-refractivity contribution is 0.414. The summed E-state index contributed by atoms with van der Waals surface area (Å²) in [5.41, 5.74) is 3.39. The average Bonchev–Trinajstić information content (AvgIpc) is 3.47. The fourth-order valence-electron chi connectivity index (χ4n) is 3.63. The highest BCUT2D eigenvalue weighted by Crippen LogP contribution is 2.27. The number of thiazole rings is 1. The average molecular weight is 398 g/mol. The van der Waals surface area contributed by atoms with Gasteiger partial charge in [-0.25, -0.2) is 9.67 Å². The van der Waals surface area contributed by atoms with Gasteiger partial charge in [0.2, 0.25) is 0 Å². The number of anilines is 1. The van der Waals surface area contributed by atoms with E-state index < -0.39 is 0 Å². The number of rotatable bonds is 7. The van der Waals surface area contributed by atoms with Gasteiger partial charge in [0.05, 0.1) is 19.0 Å². The van der Waals surface area contributed by atoms with Gasteiger partial charge in [0.1, 0.15) is 5.75 Å². The predicted octanol–water partition coefficient (Wildman–Crippen LogP) is 4.10. The number of hydrogen-bond donors (Lipinski definition) is 1. The zero-order chi connectivity index (χ0) is 19.5. The third kappa shape index (κ3) is 3.91. The number of nitrogens with one attached hydrogen (secondary N) is 1. The second-order valence-corrected chi connectivity index (χ2v) is 8.29. The van der Waals surface area contributed by atoms with Crippen molar-refractivity contribution in [1.29, 1.82) is 0 Å². The van der Waals surface area contributed by atoms with Crippen molar-refractivity contribution in [3.63, 3.8) is 0 Å². The molecule has 6 nitrogen and oxygen atoms in total. The molecule has 7 heteroatoms. The molecule has 1 aromatic carbocycles. The Morgan fingerprint density at radius 3 is 2.64 bits per heavy atom. The molecule has 1 saturated heterocycles. The van der Waals surface area contributed by atoms with Crippen LogP contribution < -0.4 is 15.0 Å². The third-order valence-electron chi connectivity index (χ3n) is 5.33. The summed E-state index contributed by atoms with van der Waals surface area (Å²) >= 11 is 1.80. The van der Waals surface area contributed by atoms with E-state index in [9.17, 15) is 0 Å². The lowest BCUT2D eigenvalue weighted by Crippen LogP contribution is -2.18. The molecule has 1 aliphatic heterocycles. The monoisotopic (exact) mass is 397 g/mol. The van der Waals surface area contributed by atoms with Crippen molar-refractivity contribution in [3.05, 3.63) is 52.8 Å². The first-order valence-electron chi connectivity index (χ1n) is 9.77. The first-order valence-corrected chi connectivity index (χ1v) is 10.6. The second kappa shape index (κ2) is 8.32. The molecule has 28 heavy (non-hydrogen) atoms. The van der Waals surface area contributed by atoms with Gasteiger partial charge >= 0.3 is 0 Å². The van der Waals surface area contributed by atoms with E-state index in [1.54, 1.807) is 18.4 Å². The van der Waals surface area contributed by atoms with Crippen molar-refractivity contribution < 1.29 is 4.74 Å². The molecule has 0 radical (unpaired) electrons. The number of ether oxygens (including phenoxy) is 1. The molecule has 3 aromatic rings. The molecule has 1 fully saturated rings. The van der Waals surface area contributed by atoms with E-state index in [1.165, 1.54) is 23.3 Å². The van der Waals surface area contributed by atoms with Crippen LogP contribution in [-0.2, 0) is 6.54 Å². The van der Waals surface area contributed by atoms with Crippen LogP contribution in [0.2, 0.25) is 0 Å². The van der Waals surface area contributed by atoms with Gasteiger partial charge in [0, 0.05) is 48.0 Å². The summed E-state index contributed by atoms with van der Waals surface area (Å²) in [6.07, 6.45) is 6.52. The van der Waals surface area contributed by atoms with Crippen LogP contribution >= 0.6 is 11.3 Å². The molecule has 3 heterocycles. The van der Waals surface area contributed by atoms with Crippen molar-refractivity contribution in [2.45, 2.75) is 39.3 Å². The Hall–Kier alpha value is -2.38. The largest absolute Gasteiger partial charge is 0.497 e. The van der Waals surface area contributed by atoms with E-state index in [0.717, 1.165) is 41.9 Å². The minimum Gasteiger partial charge on any atom is -0.497 e. The molecule has 2 aromatic heterocycles. The number of aromatic nitrogens is 3. The molecule has 4 rings (SSSR count). The van der Waals surface area contributed by atoms with E-state index >= 15 is 0 Å². The van der Waals surface area contributed by atoms with E-state index in [2.05, 4.69) is 34.1 Å². The lowest BCUT2D eigenvalue weighted by Gasteiger charge is -2.14. The predicted molar refractivity (Wildman–Crippen MR) is 114 cm³/mol. The van der Waals surface area contributed by atoms with E-state index in [0.29, 0.717) is 0 Å². The third-order valence-corrected chi connectivity index (χ3v) is 6.39. The highest BCUT2D eigenvalue weighted by Gasteiger charge is 2.17. The van der Waals surface area contributed by atoms with Gasteiger partial charge in [0.15, 0.2) is 5.13 Å². The minimum absolute atomic E-state index is 0.212. The van der Waals surface area contributed by atoms with Crippen LogP contribution in [0.4, 0.5) is 5.13 Å². The van der Waals surface area contributed by atoms with Crippen molar-refractivity contribution in [1.82, 2.24) is 20.1 Å². The van der Waals surface area contributed by atoms with E-state index in [-0.39, 0.29) is 6.04 Å². The van der Waals surface area contributed by atoms with Crippen molar-refractivity contribution in [2.75, 3.05) is 25.1 Å². The van der Waals surface area contributed by atoms with Crippen molar-refractivity contribution in [3.8, 4) is 11.4 Å². The van der Waals surface area contributed by atoms with Crippen LogP contribution in [0.25, 0.3) is 5.69 Å². The Morgan fingerprint density at radius 2 is 1.93 bits per heavy atom. The van der Waals surface area contributed by atoms with E-state index in [4.69, 9.17) is 4.74 Å². The summed E-state index contributed by atoms with van der Waals surface area (Å²) in [6, 6.07) is 8.18. The summed E-state index contributed by atoms with van der Waals surface area (Å²) in [6.45, 7) is 7.40. The summed E-state index contributed by atoms with van der Waals surface area (Å²) < 4.78 is 7.22. The van der Waals surface area contributed by atoms with Gasteiger partial charge in [0.25, 0.3) is 0 Å². The Bertz CT molecular complexity index is 911. The maximum atomic E-state index is 5.24. The first-order chi connectivity index (χ1) is 13.7. The molecular formula is C21H27N5OS. The molecule has 0 bridgehead atoms. The Balaban J connectivity index is 1.41. The number of nitrogens with zero attached hydrogens (tertiary/aromatic N) is 4. The molecule has 148 valence electrons. The summed E-state index contributed by atoms with van der Waals surface area (Å²) in [5.74, 6) is 0.849. The molecule has 1 atom stereocenters. The summed E-state index contributed by atoms with van der Waals surface area (Å²) in [7, 11) is 1.68. The van der Waals surface area contributed by atoms with Crippen LogP contribution in [0.15, 0.2) is 36.7 Å². The zero-order valence-corrected chi connectivity index (χ0v) is 17.5. The molecule has 0 amide bonds. The molecule has 0 aliphatic carbocycles. The number of benzene rings is 1. The highest BCUT2D eigenvalue weighted by atomic mass is 32.1. The normalized spacial score (nSPS) is 15.2. The Kier molecular flexibility index (Phi) is 5.64. The fraction of sp³-hybridized carbons (Fsp3) is 0.429. The molecule has 0 unspecified atom stereocenters. The topological polar surface area (TPSA) is 55.2 Å². The molecule has 1 N–H and O–H groups in total. The molecule has 0 saturated carbocycles. The van der Waals surface area contributed by atoms with Crippen LogP contribution in [0, 0.1) is 6.92 Å². The van der Waals surface area contributed by atoms with Crippen LogP contribution in [0.5, 0.6) is 5.75 Å². The summed E-state index contributed by atoms with van der Waals surface area (Å²) in [5, 5.41) is 9.37. The standard InChI is InChI=1S/C21H27N5OS/c1-15(22-12-19-13-23-21(28-19)25-10-4-5-11-25)20-14-24-26(16(20)2)17-6-8-18(27-3)9-7-17/h6-9,13-15,22H,4-5,10-12H2,1-3H3/t15-/m1/s1. The van der Waals surface area contributed by atoms with Gasteiger partial charge in [-0.2, -0.15) is 5.10 Å². The SMILES string of the molecule is COc1ccc(-n2ncc([C@@H](C)NCc3cnc(N4CCCC4)s3)c2C)cc1. The quantitative estimate of drug-likeness (QED) is 0.651. The van der Waals surface area contributed by atoms with Gasteiger partial charge < -0.3 is 15.0 Å². The van der Waals surface area contributed by atoms with Gasteiger partial charge in [-0.05, 0) is 51.0 Å². The van der Waals surface area contributed by atoms with Gasteiger partial charge in [-0.15, -0.1) is 11.3 Å². The summed E-state index contributed by atoms with van der Waals surface area (Å²) in [4.78, 5) is 8.26. The molecular weight excluding hydrogens is 370 g/mol. The van der Waals surface area contributed by atoms with Crippen LogP contribution in [0.3, 0.4) is 0 Å². The Labute approximate surface area is 170 Å². The van der Waals surface area contributed by atoms with Gasteiger partial charge in [-0.1, -0.05) is 0 Å². The second-order valence-electron chi connectivity index (χ2n) is 7.20. The zero-order valence-electron chi connectivity index (χ0n) is 16.7. The van der Waals surface area contributed by atoms with Crippen LogP contribution in [-0.4, -0.2) is 35.0 Å².